The first-order valence-corrected chi connectivity index (χ1v) is 6.02. The smallest absolute Gasteiger partial charge is 0.344 e. The number of halogens is 1. The van der Waals surface area contributed by atoms with Crippen molar-refractivity contribution >= 4 is 23.6 Å². The molecule has 0 radical (unpaired) electrons. The van der Waals surface area contributed by atoms with Crippen LogP contribution in [0, 0.1) is 0 Å². The van der Waals surface area contributed by atoms with Gasteiger partial charge in [-0.2, -0.15) is 4.68 Å². The van der Waals surface area contributed by atoms with E-state index >= 15 is 0 Å². The number of carbonyl (C=O) groups is 1. The molecule has 19 heavy (non-hydrogen) atoms. The molecule has 0 bridgehead atoms. The molecule has 0 atom stereocenters. The molecule has 100 valence electrons. The van der Waals surface area contributed by atoms with Crippen LogP contribution in [0.25, 0.3) is 0 Å². The Morgan fingerprint density at radius 3 is 2.53 bits per heavy atom. The van der Waals surface area contributed by atoms with Gasteiger partial charge in [-0.25, -0.2) is 9.78 Å². The Balaban J connectivity index is 2.17. The van der Waals surface area contributed by atoms with Gasteiger partial charge in [0, 0.05) is 5.02 Å². The molecule has 0 saturated carbocycles. The first-order chi connectivity index (χ1) is 8.88. The maximum absolute atomic E-state index is 12.0. The Morgan fingerprint density at radius 2 is 2.00 bits per heavy atom. The first kappa shape index (κ1) is 13.4. The zero-order valence-electron chi connectivity index (χ0n) is 10.6. The van der Waals surface area contributed by atoms with Gasteiger partial charge in [0.25, 0.3) is 0 Å². The molecule has 1 aromatic heterocycles. The van der Waals surface area contributed by atoms with Gasteiger partial charge in [0.1, 0.15) is 6.33 Å². The van der Waals surface area contributed by atoms with E-state index in [-0.39, 0.29) is 5.95 Å². The standard InChI is InChI=1S/C12H14ClN5O/c1-12(2,8-3-5-9(13)6-4-8)16-11(19)18-7-15-10(14)17-18/h3-7H,1-2H3,(H2,14,17)(H,16,19). The highest BCUT2D eigenvalue weighted by Gasteiger charge is 2.24. The molecule has 1 heterocycles. The third-order valence-corrected chi connectivity index (χ3v) is 2.95. The monoisotopic (exact) mass is 279 g/mol. The van der Waals surface area contributed by atoms with Crippen molar-refractivity contribution in [3.63, 3.8) is 0 Å². The largest absolute Gasteiger partial charge is 0.366 e. The number of nitrogen functional groups attached to an aromatic ring is 1. The lowest BCUT2D eigenvalue weighted by molar-refractivity contribution is 0.228. The summed E-state index contributed by atoms with van der Waals surface area (Å²) in [6.07, 6.45) is 1.27. The molecule has 0 fully saturated rings. The van der Waals surface area contributed by atoms with Crippen LogP contribution in [0.15, 0.2) is 30.6 Å². The molecule has 0 aliphatic heterocycles. The average molecular weight is 280 g/mol. The van der Waals surface area contributed by atoms with Crippen LogP contribution in [-0.4, -0.2) is 20.8 Å². The lowest BCUT2D eigenvalue weighted by Gasteiger charge is -2.26. The maximum Gasteiger partial charge on any atom is 0.344 e. The summed E-state index contributed by atoms with van der Waals surface area (Å²) >= 11 is 5.84. The van der Waals surface area contributed by atoms with Gasteiger partial charge in [0.05, 0.1) is 5.54 Å². The predicted molar refractivity (Wildman–Crippen MR) is 72.8 cm³/mol. The predicted octanol–water partition coefficient (Wildman–Crippen LogP) is 2.01. The lowest BCUT2D eigenvalue weighted by atomic mass is 9.94. The van der Waals surface area contributed by atoms with Crippen molar-refractivity contribution in [1.29, 1.82) is 0 Å². The van der Waals surface area contributed by atoms with Gasteiger partial charge in [-0.3, -0.25) is 0 Å². The van der Waals surface area contributed by atoms with Gasteiger partial charge < -0.3 is 11.1 Å². The molecule has 0 aliphatic rings. The highest BCUT2D eigenvalue weighted by molar-refractivity contribution is 6.30. The minimum Gasteiger partial charge on any atom is -0.366 e. The molecule has 0 unspecified atom stereocenters. The fourth-order valence-corrected chi connectivity index (χ4v) is 1.76. The Morgan fingerprint density at radius 1 is 1.37 bits per heavy atom. The second-order valence-corrected chi connectivity index (χ2v) is 5.05. The van der Waals surface area contributed by atoms with E-state index in [9.17, 15) is 4.79 Å². The van der Waals surface area contributed by atoms with E-state index in [4.69, 9.17) is 17.3 Å². The molecule has 6 nitrogen and oxygen atoms in total. The van der Waals surface area contributed by atoms with Gasteiger partial charge in [0.15, 0.2) is 0 Å². The van der Waals surface area contributed by atoms with Crippen molar-refractivity contribution in [2.24, 2.45) is 0 Å². The average Bonchev–Trinajstić information content (AvgIpc) is 2.76. The van der Waals surface area contributed by atoms with Crippen LogP contribution in [0.1, 0.15) is 19.4 Å². The number of aromatic nitrogens is 3. The highest BCUT2D eigenvalue weighted by atomic mass is 35.5. The number of benzene rings is 1. The van der Waals surface area contributed by atoms with Crippen LogP contribution in [-0.2, 0) is 5.54 Å². The second kappa shape index (κ2) is 4.89. The topological polar surface area (TPSA) is 85.8 Å². The van der Waals surface area contributed by atoms with Gasteiger partial charge in [0.2, 0.25) is 5.95 Å². The van der Waals surface area contributed by atoms with E-state index in [1.807, 2.05) is 26.0 Å². The second-order valence-electron chi connectivity index (χ2n) is 4.61. The summed E-state index contributed by atoms with van der Waals surface area (Å²) in [6, 6.07) is 6.87. The minimum atomic E-state index is -0.567. The molecule has 2 aromatic rings. The van der Waals surface area contributed by atoms with E-state index in [0.29, 0.717) is 5.02 Å². The zero-order valence-corrected chi connectivity index (χ0v) is 11.3. The summed E-state index contributed by atoms with van der Waals surface area (Å²) in [5, 5.41) is 7.25. The van der Waals surface area contributed by atoms with Crippen molar-refractivity contribution in [3.05, 3.63) is 41.2 Å². The van der Waals surface area contributed by atoms with Crippen molar-refractivity contribution < 1.29 is 4.79 Å². The Kier molecular flexibility index (Phi) is 3.44. The Bertz CT molecular complexity index is 590. The number of nitrogens with two attached hydrogens (primary N) is 1. The number of amides is 1. The van der Waals surface area contributed by atoms with Crippen LogP contribution in [0.2, 0.25) is 5.02 Å². The van der Waals surface area contributed by atoms with Crippen molar-refractivity contribution in [1.82, 2.24) is 20.1 Å². The van der Waals surface area contributed by atoms with E-state index in [1.165, 1.54) is 6.33 Å². The zero-order chi connectivity index (χ0) is 14.0. The van der Waals surface area contributed by atoms with E-state index < -0.39 is 11.6 Å². The minimum absolute atomic E-state index is 0.0550. The van der Waals surface area contributed by atoms with E-state index in [2.05, 4.69) is 15.4 Å². The van der Waals surface area contributed by atoms with Crippen molar-refractivity contribution in [2.45, 2.75) is 19.4 Å². The molecule has 0 spiro atoms. The summed E-state index contributed by atoms with van der Waals surface area (Å²) < 4.78 is 1.06. The Hall–Kier alpha value is -2.08. The summed E-state index contributed by atoms with van der Waals surface area (Å²) in [6.45, 7) is 3.77. The summed E-state index contributed by atoms with van der Waals surface area (Å²) in [4.78, 5) is 15.7. The number of carbonyl (C=O) groups excluding carboxylic acids is 1. The number of nitrogens with one attached hydrogen (secondary N) is 1. The molecule has 0 aliphatic carbocycles. The number of anilines is 1. The van der Waals surface area contributed by atoms with Gasteiger partial charge in [-0.1, -0.05) is 23.7 Å². The summed E-state index contributed by atoms with van der Waals surface area (Å²) in [7, 11) is 0. The highest BCUT2D eigenvalue weighted by Crippen LogP contribution is 2.21. The van der Waals surface area contributed by atoms with Crippen LogP contribution in [0.3, 0.4) is 0 Å². The SMILES string of the molecule is CC(C)(NC(=O)n1cnc(N)n1)c1ccc(Cl)cc1. The molecule has 7 heteroatoms. The van der Waals surface area contributed by atoms with Crippen LogP contribution in [0.5, 0.6) is 0 Å². The fourth-order valence-electron chi connectivity index (χ4n) is 1.64. The molecule has 0 saturated heterocycles. The number of hydrogen-bond acceptors (Lipinski definition) is 4. The molecule has 3 N–H and O–H groups in total. The van der Waals surface area contributed by atoms with Crippen molar-refractivity contribution in [3.8, 4) is 0 Å². The first-order valence-electron chi connectivity index (χ1n) is 5.64. The molecular weight excluding hydrogens is 266 g/mol. The summed E-state index contributed by atoms with van der Waals surface area (Å²) in [5.74, 6) is 0.0550. The van der Waals surface area contributed by atoms with Gasteiger partial charge >= 0.3 is 6.03 Å². The quantitative estimate of drug-likeness (QED) is 0.880. The van der Waals surface area contributed by atoms with Crippen LogP contribution < -0.4 is 11.1 Å². The van der Waals surface area contributed by atoms with Crippen molar-refractivity contribution in [2.75, 3.05) is 5.73 Å². The summed E-state index contributed by atoms with van der Waals surface area (Å²) in [5.41, 5.74) is 5.73. The van der Waals surface area contributed by atoms with E-state index in [0.717, 1.165) is 10.2 Å². The van der Waals surface area contributed by atoms with Gasteiger partial charge in [-0.05, 0) is 31.5 Å². The number of rotatable bonds is 2. The van der Waals surface area contributed by atoms with Gasteiger partial charge in [-0.15, -0.1) is 5.10 Å². The lowest BCUT2D eigenvalue weighted by Crippen LogP contribution is -2.43. The third kappa shape index (κ3) is 3.03. The maximum atomic E-state index is 12.0. The Labute approximate surface area is 115 Å². The molecule has 2 rings (SSSR count). The van der Waals surface area contributed by atoms with E-state index in [1.54, 1.807) is 12.1 Å². The molecule has 1 amide bonds. The third-order valence-electron chi connectivity index (χ3n) is 2.70. The van der Waals surface area contributed by atoms with Crippen LogP contribution in [0.4, 0.5) is 10.7 Å². The number of hydrogen-bond donors (Lipinski definition) is 2. The normalized spacial score (nSPS) is 11.3. The van der Waals surface area contributed by atoms with Crippen LogP contribution >= 0.6 is 11.6 Å². The molecule has 1 aromatic carbocycles. The number of nitrogens with zero attached hydrogens (tertiary/aromatic N) is 3. The molecular formula is C12H14ClN5O. The fraction of sp³-hybridized carbons (Fsp3) is 0.250.